The highest BCUT2D eigenvalue weighted by molar-refractivity contribution is 5.18. The zero-order valence-corrected chi connectivity index (χ0v) is 10.2. The van der Waals surface area contributed by atoms with Gasteiger partial charge in [-0.3, -0.25) is 0 Å². The highest BCUT2D eigenvalue weighted by atomic mass is 16.5. The van der Waals surface area contributed by atoms with Crippen molar-refractivity contribution in [2.24, 2.45) is 5.73 Å². The van der Waals surface area contributed by atoms with Crippen LogP contribution in [-0.2, 0) is 9.47 Å². The maximum Gasteiger partial charge on any atom is 0.213 e. The van der Waals surface area contributed by atoms with Crippen LogP contribution in [0.25, 0.3) is 0 Å². The Morgan fingerprint density at radius 3 is 2.53 bits per heavy atom. The predicted octanol–water partition coefficient (Wildman–Crippen LogP) is 0.761. The zero-order chi connectivity index (χ0) is 12.3. The topological polar surface area (TPSA) is 66.6 Å². The van der Waals surface area contributed by atoms with Crippen LogP contribution in [0.15, 0.2) is 18.3 Å². The third kappa shape index (κ3) is 6.88. The van der Waals surface area contributed by atoms with Gasteiger partial charge in [-0.25, -0.2) is 4.98 Å². The molecule has 0 bridgehead atoms. The molecule has 1 aromatic rings. The molecule has 0 saturated heterocycles. The predicted molar refractivity (Wildman–Crippen MR) is 65.2 cm³/mol. The number of pyridine rings is 1. The Bertz CT molecular complexity index is 308. The number of hydrogen-bond donors (Lipinski definition) is 1. The van der Waals surface area contributed by atoms with Gasteiger partial charge in [0.15, 0.2) is 0 Å². The van der Waals surface area contributed by atoms with Gasteiger partial charge in [0.1, 0.15) is 6.61 Å². The molecule has 1 aromatic heterocycles. The van der Waals surface area contributed by atoms with Crippen LogP contribution in [0.5, 0.6) is 5.88 Å². The summed E-state index contributed by atoms with van der Waals surface area (Å²) in [7, 11) is 0. The van der Waals surface area contributed by atoms with Gasteiger partial charge in [0.25, 0.3) is 0 Å². The lowest BCUT2D eigenvalue weighted by molar-refractivity contribution is 0.0382. The first-order valence-corrected chi connectivity index (χ1v) is 5.74. The molecule has 0 atom stereocenters. The largest absolute Gasteiger partial charge is 0.475 e. The summed E-state index contributed by atoms with van der Waals surface area (Å²) in [6, 6.07) is 3.82. The Morgan fingerprint density at radius 1 is 1.12 bits per heavy atom. The minimum absolute atomic E-state index is 0.493. The summed E-state index contributed by atoms with van der Waals surface area (Å²) < 4.78 is 15.9. The standard InChI is InChI=1S/C12H20N2O3/c1-11-2-4-14-12(10-11)17-9-8-16-7-6-15-5-3-13/h2,4,10H,3,5-9,13H2,1H3. The molecule has 96 valence electrons. The van der Waals surface area contributed by atoms with E-state index < -0.39 is 0 Å². The van der Waals surface area contributed by atoms with Crippen molar-refractivity contribution in [2.45, 2.75) is 6.92 Å². The Kier molecular flexibility index (Phi) is 7.29. The van der Waals surface area contributed by atoms with Crippen LogP contribution in [0.4, 0.5) is 0 Å². The third-order valence-corrected chi connectivity index (χ3v) is 2.00. The number of aryl methyl sites for hydroxylation is 1. The van der Waals surface area contributed by atoms with E-state index >= 15 is 0 Å². The van der Waals surface area contributed by atoms with Crippen LogP contribution in [0.3, 0.4) is 0 Å². The molecule has 2 N–H and O–H groups in total. The van der Waals surface area contributed by atoms with Crippen molar-refractivity contribution in [3.05, 3.63) is 23.9 Å². The van der Waals surface area contributed by atoms with Gasteiger partial charge in [-0.1, -0.05) is 0 Å². The number of ether oxygens (including phenoxy) is 3. The SMILES string of the molecule is Cc1ccnc(OCCOCCOCCN)c1. The van der Waals surface area contributed by atoms with Gasteiger partial charge in [-0.05, 0) is 18.6 Å². The third-order valence-electron chi connectivity index (χ3n) is 2.00. The summed E-state index contributed by atoms with van der Waals surface area (Å²) in [5, 5.41) is 0. The fourth-order valence-corrected chi connectivity index (χ4v) is 1.20. The first-order chi connectivity index (χ1) is 8.33. The Labute approximate surface area is 102 Å². The summed E-state index contributed by atoms with van der Waals surface area (Å²) in [6.45, 7) is 5.27. The molecular formula is C12H20N2O3. The lowest BCUT2D eigenvalue weighted by Crippen LogP contribution is -2.14. The molecule has 0 aromatic carbocycles. The van der Waals surface area contributed by atoms with Gasteiger partial charge >= 0.3 is 0 Å². The lowest BCUT2D eigenvalue weighted by atomic mass is 10.3. The summed E-state index contributed by atoms with van der Waals surface area (Å²) in [4.78, 5) is 4.08. The quantitative estimate of drug-likeness (QED) is 0.645. The van der Waals surface area contributed by atoms with Crippen LogP contribution in [-0.4, -0.2) is 44.6 Å². The van der Waals surface area contributed by atoms with E-state index in [2.05, 4.69) is 4.98 Å². The Hall–Kier alpha value is -1.17. The molecule has 5 heteroatoms. The fourth-order valence-electron chi connectivity index (χ4n) is 1.20. The van der Waals surface area contributed by atoms with E-state index in [0.717, 1.165) is 5.56 Å². The van der Waals surface area contributed by atoms with Gasteiger partial charge in [0, 0.05) is 18.8 Å². The Balaban J connectivity index is 1.97. The molecule has 0 saturated carbocycles. The molecular weight excluding hydrogens is 220 g/mol. The highest BCUT2D eigenvalue weighted by Crippen LogP contribution is 2.07. The number of nitrogens with two attached hydrogens (primary N) is 1. The second-order valence-corrected chi connectivity index (χ2v) is 3.53. The number of hydrogen-bond acceptors (Lipinski definition) is 5. The van der Waals surface area contributed by atoms with Crippen molar-refractivity contribution in [1.82, 2.24) is 4.98 Å². The van der Waals surface area contributed by atoms with Crippen molar-refractivity contribution in [2.75, 3.05) is 39.6 Å². The molecule has 0 unspecified atom stereocenters. The average Bonchev–Trinajstić information content (AvgIpc) is 2.33. The van der Waals surface area contributed by atoms with E-state index in [9.17, 15) is 0 Å². The van der Waals surface area contributed by atoms with E-state index in [0.29, 0.717) is 45.5 Å². The van der Waals surface area contributed by atoms with Crippen molar-refractivity contribution in [3.8, 4) is 5.88 Å². The van der Waals surface area contributed by atoms with Crippen molar-refractivity contribution < 1.29 is 14.2 Å². The molecule has 17 heavy (non-hydrogen) atoms. The molecule has 5 nitrogen and oxygen atoms in total. The zero-order valence-electron chi connectivity index (χ0n) is 10.2. The first kappa shape index (κ1) is 13.9. The van der Waals surface area contributed by atoms with Gasteiger partial charge in [0.05, 0.1) is 26.4 Å². The minimum atomic E-state index is 0.493. The van der Waals surface area contributed by atoms with Crippen molar-refractivity contribution >= 4 is 0 Å². The van der Waals surface area contributed by atoms with Crippen LogP contribution in [0.2, 0.25) is 0 Å². The van der Waals surface area contributed by atoms with E-state index in [1.54, 1.807) is 6.20 Å². The minimum Gasteiger partial charge on any atom is -0.475 e. The monoisotopic (exact) mass is 240 g/mol. The fraction of sp³-hybridized carbons (Fsp3) is 0.583. The van der Waals surface area contributed by atoms with E-state index in [-0.39, 0.29) is 0 Å². The Morgan fingerprint density at radius 2 is 1.82 bits per heavy atom. The highest BCUT2D eigenvalue weighted by Gasteiger charge is 1.95. The van der Waals surface area contributed by atoms with Gasteiger partial charge < -0.3 is 19.9 Å². The van der Waals surface area contributed by atoms with E-state index in [4.69, 9.17) is 19.9 Å². The van der Waals surface area contributed by atoms with E-state index in [1.165, 1.54) is 0 Å². The summed E-state index contributed by atoms with van der Waals surface area (Å²) in [5.74, 6) is 0.632. The maximum atomic E-state index is 5.42. The van der Waals surface area contributed by atoms with Gasteiger partial charge in [-0.15, -0.1) is 0 Å². The number of aromatic nitrogens is 1. The van der Waals surface area contributed by atoms with Crippen molar-refractivity contribution in [3.63, 3.8) is 0 Å². The molecule has 0 amide bonds. The second kappa shape index (κ2) is 8.92. The number of nitrogens with zero attached hydrogens (tertiary/aromatic N) is 1. The molecule has 1 rings (SSSR count). The molecule has 0 aliphatic rings. The number of rotatable bonds is 9. The van der Waals surface area contributed by atoms with Gasteiger partial charge in [-0.2, -0.15) is 0 Å². The van der Waals surface area contributed by atoms with Gasteiger partial charge in [0.2, 0.25) is 5.88 Å². The molecule has 0 aliphatic carbocycles. The van der Waals surface area contributed by atoms with E-state index in [1.807, 2.05) is 19.1 Å². The van der Waals surface area contributed by atoms with Crippen molar-refractivity contribution in [1.29, 1.82) is 0 Å². The van der Waals surface area contributed by atoms with Crippen LogP contribution >= 0.6 is 0 Å². The first-order valence-electron chi connectivity index (χ1n) is 5.74. The lowest BCUT2D eigenvalue weighted by Gasteiger charge is -2.07. The maximum absolute atomic E-state index is 5.42. The molecule has 0 fully saturated rings. The van der Waals surface area contributed by atoms with Crippen LogP contribution in [0.1, 0.15) is 5.56 Å². The summed E-state index contributed by atoms with van der Waals surface area (Å²) in [5.41, 5.74) is 6.41. The summed E-state index contributed by atoms with van der Waals surface area (Å²) >= 11 is 0. The second-order valence-electron chi connectivity index (χ2n) is 3.53. The van der Waals surface area contributed by atoms with Crippen LogP contribution in [0, 0.1) is 6.92 Å². The molecule has 0 aliphatic heterocycles. The van der Waals surface area contributed by atoms with Crippen LogP contribution < -0.4 is 10.5 Å². The average molecular weight is 240 g/mol. The molecule has 0 radical (unpaired) electrons. The normalized spacial score (nSPS) is 10.5. The summed E-state index contributed by atoms with van der Waals surface area (Å²) in [6.07, 6.45) is 1.73. The smallest absolute Gasteiger partial charge is 0.213 e. The molecule has 1 heterocycles. The molecule has 0 spiro atoms.